The van der Waals surface area contributed by atoms with Gasteiger partial charge < -0.3 is 9.72 Å². The van der Waals surface area contributed by atoms with Crippen molar-refractivity contribution in [3.05, 3.63) is 124 Å². The summed E-state index contributed by atoms with van der Waals surface area (Å²) in [6.45, 7) is 5.44. The number of aromatic nitrogens is 3. The SMILES string of the molecule is CC(C)(C)OC(=O)Nc1cccc(Cc2nc3c(Cc4ccccc4)[nH]c(-c4ccccc4)cn-3c2=O)c1. The van der Waals surface area contributed by atoms with E-state index in [-0.39, 0.29) is 5.56 Å². The smallest absolute Gasteiger partial charge is 0.412 e. The van der Waals surface area contributed by atoms with Crippen molar-refractivity contribution in [2.45, 2.75) is 39.2 Å². The largest absolute Gasteiger partial charge is 0.444 e. The molecular weight excluding hydrogens is 476 g/mol. The maximum absolute atomic E-state index is 13.5. The van der Waals surface area contributed by atoms with Crippen LogP contribution in [0, 0.1) is 0 Å². The van der Waals surface area contributed by atoms with Crippen molar-refractivity contribution in [2.75, 3.05) is 5.32 Å². The van der Waals surface area contributed by atoms with Crippen LogP contribution in [0.5, 0.6) is 0 Å². The van der Waals surface area contributed by atoms with Gasteiger partial charge in [0.05, 0.1) is 11.4 Å². The molecule has 5 rings (SSSR count). The third kappa shape index (κ3) is 5.83. The molecule has 0 aromatic heterocycles. The zero-order valence-electron chi connectivity index (χ0n) is 21.7. The molecule has 0 unspecified atom stereocenters. The van der Waals surface area contributed by atoms with Crippen LogP contribution in [0.25, 0.3) is 17.1 Å². The van der Waals surface area contributed by atoms with Crippen molar-refractivity contribution < 1.29 is 9.53 Å². The molecule has 7 heteroatoms. The van der Waals surface area contributed by atoms with Gasteiger partial charge in [0.2, 0.25) is 0 Å². The Morgan fingerprint density at radius 2 is 1.61 bits per heavy atom. The van der Waals surface area contributed by atoms with Crippen LogP contribution >= 0.6 is 0 Å². The van der Waals surface area contributed by atoms with Gasteiger partial charge >= 0.3 is 6.09 Å². The fraction of sp³-hybridized carbons (Fsp3) is 0.194. The fourth-order valence-corrected chi connectivity index (χ4v) is 4.35. The Kier molecular flexibility index (Phi) is 6.83. The lowest BCUT2D eigenvalue weighted by atomic mass is 10.1. The number of ether oxygens (including phenoxy) is 1. The highest BCUT2D eigenvalue weighted by atomic mass is 16.6. The summed E-state index contributed by atoms with van der Waals surface area (Å²) in [5, 5.41) is 2.76. The number of benzene rings is 3. The first-order chi connectivity index (χ1) is 18.2. The van der Waals surface area contributed by atoms with Crippen molar-refractivity contribution in [3.63, 3.8) is 0 Å². The molecule has 0 saturated carbocycles. The van der Waals surface area contributed by atoms with Gasteiger partial charge in [-0.15, -0.1) is 0 Å². The van der Waals surface area contributed by atoms with Crippen LogP contribution in [0.2, 0.25) is 0 Å². The Labute approximate surface area is 221 Å². The lowest BCUT2D eigenvalue weighted by Gasteiger charge is -2.19. The molecular formula is C31H30N4O3. The number of H-pyrrole nitrogens is 1. The minimum absolute atomic E-state index is 0.161. The molecule has 38 heavy (non-hydrogen) atoms. The van der Waals surface area contributed by atoms with Crippen LogP contribution in [0.3, 0.4) is 0 Å². The Morgan fingerprint density at radius 1 is 0.921 bits per heavy atom. The zero-order valence-corrected chi connectivity index (χ0v) is 21.7. The van der Waals surface area contributed by atoms with Crippen molar-refractivity contribution >= 4 is 11.8 Å². The highest BCUT2D eigenvalue weighted by molar-refractivity contribution is 5.85. The number of nitrogens with zero attached hydrogens (tertiary/aromatic N) is 2. The average Bonchev–Trinajstić information content (AvgIpc) is 3.19. The van der Waals surface area contributed by atoms with Gasteiger partial charge in [-0.2, -0.15) is 0 Å². The second-order valence-electron chi connectivity index (χ2n) is 10.2. The average molecular weight is 507 g/mol. The van der Waals surface area contributed by atoms with Crippen LogP contribution in [0.4, 0.5) is 10.5 Å². The van der Waals surface area contributed by atoms with E-state index in [4.69, 9.17) is 9.72 Å². The first-order valence-corrected chi connectivity index (χ1v) is 12.6. The molecule has 0 radical (unpaired) electrons. The number of hydrogen-bond donors (Lipinski definition) is 2. The van der Waals surface area contributed by atoms with E-state index < -0.39 is 11.7 Å². The highest BCUT2D eigenvalue weighted by Crippen LogP contribution is 2.24. The highest BCUT2D eigenvalue weighted by Gasteiger charge is 2.21. The minimum atomic E-state index is -0.594. The van der Waals surface area contributed by atoms with Gasteiger partial charge in [0.15, 0.2) is 5.82 Å². The summed E-state index contributed by atoms with van der Waals surface area (Å²) in [5.41, 5.74) is 4.94. The molecule has 7 nitrogen and oxygen atoms in total. The summed E-state index contributed by atoms with van der Waals surface area (Å²) >= 11 is 0. The summed E-state index contributed by atoms with van der Waals surface area (Å²) in [5.74, 6) is 0.608. The summed E-state index contributed by atoms with van der Waals surface area (Å²) < 4.78 is 6.98. The quantitative estimate of drug-likeness (QED) is 0.287. The van der Waals surface area contributed by atoms with Crippen molar-refractivity contribution in [3.8, 4) is 17.1 Å². The van der Waals surface area contributed by atoms with E-state index in [1.165, 1.54) is 0 Å². The maximum Gasteiger partial charge on any atom is 0.412 e. The zero-order chi connectivity index (χ0) is 26.7. The normalized spacial score (nSPS) is 11.4. The second-order valence-corrected chi connectivity index (χ2v) is 10.2. The molecule has 2 N–H and O–H groups in total. The molecule has 0 atom stereocenters. The van der Waals surface area contributed by atoms with E-state index in [9.17, 15) is 9.59 Å². The molecule has 0 bridgehead atoms. The van der Waals surface area contributed by atoms with E-state index in [2.05, 4.69) is 22.4 Å². The van der Waals surface area contributed by atoms with E-state index in [1.54, 1.807) is 10.6 Å². The number of nitrogens with one attached hydrogen (secondary N) is 2. The van der Waals surface area contributed by atoms with Gasteiger partial charge in [0.25, 0.3) is 5.56 Å². The number of anilines is 1. The molecule has 0 aliphatic carbocycles. The molecule has 3 aromatic carbocycles. The Morgan fingerprint density at radius 3 is 2.32 bits per heavy atom. The number of rotatable bonds is 6. The van der Waals surface area contributed by atoms with Gasteiger partial charge in [-0.25, -0.2) is 9.78 Å². The van der Waals surface area contributed by atoms with Crippen molar-refractivity contribution in [1.82, 2.24) is 14.5 Å². The molecule has 2 aliphatic rings. The van der Waals surface area contributed by atoms with Crippen LogP contribution in [-0.2, 0) is 17.6 Å². The minimum Gasteiger partial charge on any atom is -0.444 e. The number of fused-ring (bicyclic) bond motifs is 1. The first kappa shape index (κ1) is 25.0. The number of imidazole rings is 1. The molecule has 2 heterocycles. The monoisotopic (exact) mass is 506 g/mol. The Bertz CT molecular complexity index is 1580. The van der Waals surface area contributed by atoms with Crippen molar-refractivity contribution in [2.24, 2.45) is 0 Å². The number of amides is 1. The number of carbonyl (C=O) groups excluding carboxylic acids is 1. The molecule has 3 aromatic rings. The standard InChI is InChI=1S/C31H30N4O3/c1-31(2,3)38-30(37)32-24-16-10-13-22(17-24)19-26-29(36)35-20-27(23-14-8-5-9-15-23)33-25(28(35)34-26)18-21-11-6-4-7-12-21/h4-17,20,33H,18-19H2,1-3H3,(H,32,37). The third-order valence-corrected chi connectivity index (χ3v) is 6.00. The summed E-state index contributed by atoms with van der Waals surface area (Å²) in [6.07, 6.45) is 2.23. The van der Waals surface area contributed by atoms with Gasteiger partial charge in [-0.3, -0.25) is 14.7 Å². The molecule has 2 aliphatic heterocycles. The molecule has 0 saturated heterocycles. The first-order valence-electron chi connectivity index (χ1n) is 12.6. The van der Waals surface area contributed by atoms with Crippen LogP contribution < -0.4 is 10.9 Å². The number of hydrogen-bond acceptors (Lipinski definition) is 4. The van der Waals surface area contributed by atoms with Crippen LogP contribution in [-0.4, -0.2) is 26.2 Å². The predicted octanol–water partition coefficient (Wildman–Crippen LogP) is 6.19. The summed E-state index contributed by atoms with van der Waals surface area (Å²) in [6, 6.07) is 27.4. The number of carbonyl (C=O) groups is 1. The van der Waals surface area contributed by atoms with Crippen molar-refractivity contribution in [1.29, 1.82) is 0 Å². The fourth-order valence-electron chi connectivity index (χ4n) is 4.35. The maximum atomic E-state index is 13.5. The Balaban J connectivity index is 1.50. The lowest BCUT2D eigenvalue weighted by Crippen LogP contribution is -2.27. The van der Waals surface area contributed by atoms with Gasteiger partial charge in [-0.05, 0) is 49.6 Å². The topological polar surface area (TPSA) is 89.0 Å². The molecule has 192 valence electrons. The van der Waals surface area contributed by atoms with Crippen LogP contribution in [0.15, 0.2) is 95.9 Å². The third-order valence-electron chi connectivity index (χ3n) is 6.00. The molecule has 0 spiro atoms. The molecule has 0 fully saturated rings. The summed E-state index contributed by atoms with van der Waals surface area (Å²) in [7, 11) is 0. The van der Waals surface area contributed by atoms with Gasteiger partial charge in [0, 0.05) is 24.7 Å². The van der Waals surface area contributed by atoms with E-state index in [0.29, 0.717) is 30.0 Å². The number of aromatic amines is 1. The van der Waals surface area contributed by atoms with Gasteiger partial charge in [-0.1, -0.05) is 72.8 Å². The summed E-state index contributed by atoms with van der Waals surface area (Å²) in [4.78, 5) is 34.0. The predicted molar refractivity (Wildman–Crippen MR) is 149 cm³/mol. The van der Waals surface area contributed by atoms with E-state index in [1.807, 2.05) is 93.7 Å². The van der Waals surface area contributed by atoms with E-state index >= 15 is 0 Å². The lowest BCUT2D eigenvalue weighted by molar-refractivity contribution is 0.0636. The Hall–Kier alpha value is -4.65. The van der Waals surface area contributed by atoms with Crippen LogP contribution in [0.1, 0.15) is 43.3 Å². The van der Waals surface area contributed by atoms with E-state index in [0.717, 1.165) is 28.1 Å². The second kappa shape index (κ2) is 10.4. The molecule has 1 amide bonds. The van der Waals surface area contributed by atoms with Gasteiger partial charge in [0.1, 0.15) is 11.3 Å².